The Balaban J connectivity index is 0.00000182. The highest BCUT2D eigenvalue weighted by Crippen LogP contribution is 2.27. The summed E-state index contributed by atoms with van der Waals surface area (Å²) >= 11 is 3.48. The quantitative estimate of drug-likeness (QED) is 0.792. The SMILES string of the molecule is Cc1c(C(=O)NC2CC3CCC(C2)N3)cnn1-c1cccc(Br)c1.Cl. The number of hydrogen-bond donors (Lipinski definition) is 2. The zero-order valence-corrected chi connectivity index (χ0v) is 16.4. The van der Waals surface area contributed by atoms with Crippen LogP contribution in [0.3, 0.4) is 0 Å². The zero-order valence-electron chi connectivity index (χ0n) is 14.0. The monoisotopic (exact) mass is 424 g/mol. The highest BCUT2D eigenvalue weighted by molar-refractivity contribution is 9.10. The van der Waals surface area contributed by atoms with Crippen molar-refractivity contribution in [3.8, 4) is 5.69 Å². The minimum atomic E-state index is -0.0138. The van der Waals surface area contributed by atoms with E-state index in [-0.39, 0.29) is 24.4 Å². The summed E-state index contributed by atoms with van der Waals surface area (Å²) in [5.41, 5.74) is 2.46. The molecular formula is C18H22BrClN4O. The van der Waals surface area contributed by atoms with Gasteiger partial charge in [0.2, 0.25) is 0 Å². The van der Waals surface area contributed by atoms with Crippen molar-refractivity contribution in [1.82, 2.24) is 20.4 Å². The normalized spacial score (nSPS) is 24.6. The average Bonchev–Trinajstić information content (AvgIpc) is 3.10. The fourth-order valence-electron chi connectivity index (χ4n) is 3.94. The molecule has 2 fully saturated rings. The molecule has 1 amide bonds. The van der Waals surface area contributed by atoms with Crippen LogP contribution in [0.4, 0.5) is 0 Å². The molecule has 2 unspecified atom stereocenters. The van der Waals surface area contributed by atoms with Crippen LogP contribution in [0.15, 0.2) is 34.9 Å². The number of aromatic nitrogens is 2. The molecule has 2 atom stereocenters. The van der Waals surface area contributed by atoms with Gasteiger partial charge in [-0.1, -0.05) is 22.0 Å². The van der Waals surface area contributed by atoms with Gasteiger partial charge in [-0.05, 0) is 50.8 Å². The first-order valence-corrected chi connectivity index (χ1v) is 9.27. The first-order valence-electron chi connectivity index (χ1n) is 8.47. The maximum absolute atomic E-state index is 12.7. The fraction of sp³-hybridized carbons (Fsp3) is 0.444. The van der Waals surface area contributed by atoms with E-state index in [0.29, 0.717) is 17.6 Å². The molecule has 1 aromatic carbocycles. The minimum absolute atomic E-state index is 0. The number of fused-ring (bicyclic) bond motifs is 2. The number of rotatable bonds is 3. The Kier molecular flexibility index (Phi) is 5.51. The highest BCUT2D eigenvalue weighted by Gasteiger charge is 2.34. The van der Waals surface area contributed by atoms with Crippen molar-refractivity contribution in [2.24, 2.45) is 0 Å². The summed E-state index contributed by atoms with van der Waals surface area (Å²) in [4.78, 5) is 12.7. The second kappa shape index (κ2) is 7.48. The van der Waals surface area contributed by atoms with Crippen LogP contribution >= 0.6 is 28.3 Å². The molecule has 4 rings (SSSR count). The molecule has 0 aliphatic carbocycles. The lowest BCUT2D eigenvalue weighted by molar-refractivity contribution is 0.0923. The van der Waals surface area contributed by atoms with Gasteiger partial charge >= 0.3 is 0 Å². The van der Waals surface area contributed by atoms with Gasteiger partial charge in [0, 0.05) is 22.6 Å². The van der Waals surface area contributed by atoms with Crippen LogP contribution in [0.1, 0.15) is 41.7 Å². The van der Waals surface area contributed by atoms with Crippen LogP contribution in [0.2, 0.25) is 0 Å². The average molecular weight is 426 g/mol. The topological polar surface area (TPSA) is 59.0 Å². The molecule has 0 spiro atoms. The van der Waals surface area contributed by atoms with Gasteiger partial charge in [-0.25, -0.2) is 4.68 Å². The summed E-state index contributed by atoms with van der Waals surface area (Å²) in [7, 11) is 0. The molecule has 25 heavy (non-hydrogen) atoms. The molecule has 7 heteroatoms. The number of halogens is 2. The first kappa shape index (κ1) is 18.4. The molecule has 2 saturated heterocycles. The molecule has 2 aliphatic rings. The Labute approximate surface area is 162 Å². The van der Waals surface area contributed by atoms with Crippen LogP contribution in [-0.4, -0.2) is 33.8 Å². The number of nitrogens with zero attached hydrogens (tertiary/aromatic N) is 2. The lowest BCUT2D eigenvalue weighted by Crippen LogP contribution is -2.48. The number of piperidine rings is 1. The van der Waals surface area contributed by atoms with Gasteiger partial charge in [-0.15, -0.1) is 12.4 Å². The molecule has 1 aromatic heterocycles. The van der Waals surface area contributed by atoms with Crippen LogP contribution in [0.5, 0.6) is 0 Å². The van der Waals surface area contributed by atoms with E-state index >= 15 is 0 Å². The van der Waals surface area contributed by atoms with Crippen molar-refractivity contribution in [2.45, 2.75) is 50.7 Å². The van der Waals surface area contributed by atoms with Crippen LogP contribution in [0, 0.1) is 6.92 Å². The molecule has 2 aliphatic heterocycles. The van der Waals surface area contributed by atoms with Gasteiger partial charge in [0.05, 0.1) is 23.1 Å². The molecule has 3 heterocycles. The Bertz CT molecular complexity index is 766. The van der Waals surface area contributed by atoms with Crippen molar-refractivity contribution in [3.05, 3.63) is 46.2 Å². The molecule has 5 nitrogen and oxygen atoms in total. The van der Waals surface area contributed by atoms with Crippen LogP contribution in [0.25, 0.3) is 5.69 Å². The van der Waals surface area contributed by atoms with E-state index in [1.165, 1.54) is 12.8 Å². The van der Waals surface area contributed by atoms with Crippen molar-refractivity contribution in [3.63, 3.8) is 0 Å². The van der Waals surface area contributed by atoms with E-state index in [2.05, 4.69) is 31.7 Å². The first-order chi connectivity index (χ1) is 11.6. The Morgan fingerprint density at radius 2 is 2.04 bits per heavy atom. The van der Waals surface area contributed by atoms with E-state index < -0.39 is 0 Å². The summed E-state index contributed by atoms with van der Waals surface area (Å²) < 4.78 is 2.80. The number of carbonyl (C=O) groups is 1. The summed E-state index contributed by atoms with van der Waals surface area (Å²) in [6, 6.07) is 9.32. The van der Waals surface area contributed by atoms with E-state index in [4.69, 9.17) is 0 Å². The Morgan fingerprint density at radius 1 is 1.32 bits per heavy atom. The smallest absolute Gasteiger partial charge is 0.254 e. The van der Waals surface area contributed by atoms with Crippen molar-refractivity contribution in [2.75, 3.05) is 0 Å². The fourth-order valence-corrected chi connectivity index (χ4v) is 4.33. The number of benzene rings is 1. The van der Waals surface area contributed by atoms with E-state index in [0.717, 1.165) is 28.7 Å². The number of carbonyl (C=O) groups excluding carboxylic acids is 1. The predicted octanol–water partition coefficient (Wildman–Crippen LogP) is 3.38. The van der Waals surface area contributed by atoms with Crippen molar-refractivity contribution < 1.29 is 4.79 Å². The summed E-state index contributed by atoms with van der Waals surface area (Å²) in [6.45, 7) is 1.94. The van der Waals surface area contributed by atoms with Crippen LogP contribution in [-0.2, 0) is 0 Å². The molecule has 0 saturated carbocycles. The molecule has 0 radical (unpaired) electrons. The predicted molar refractivity (Wildman–Crippen MR) is 104 cm³/mol. The van der Waals surface area contributed by atoms with Gasteiger partial charge in [-0.2, -0.15) is 5.10 Å². The standard InChI is InChI=1S/C18H21BrN4O.ClH/c1-11-17(10-20-23(11)16-4-2-3-12(19)7-16)18(24)22-15-8-13-5-6-14(9-15)21-13;/h2-4,7,10,13-15,21H,5-6,8-9H2,1H3,(H,22,24);1H. The highest BCUT2D eigenvalue weighted by atomic mass is 79.9. The number of hydrogen-bond acceptors (Lipinski definition) is 3. The van der Waals surface area contributed by atoms with Crippen LogP contribution < -0.4 is 10.6 Å². The van der Waals surface area contributed by atoms with Gasteiger partial charge in [0.15, 0.2) is 0 Å². The zero-order chi connectivity index (χ0) is 16.7. The molecular weight excluding hydrogens is 404 g/mol. The number of nitrogens with one attached hydrogen (secondary N) is 2. The molecule has 2 bridgehead atoms. The van der Waals surface area contributed by atoms with Gasteiger partial charge in [0.1, 0.15) is 0 Å². The van der Waals surface area contributed by atoms with Gasteiger partial charge in [-0.3, -0.25) is 4.79 Å². The summed E-state index contributed by atoms with van der Waals surface area (Å²) in [5.74, 6) is -0.0138. The third kappa shape index (κ3) is 3.76. The second-order valence-electron chi connectivity index (χ2n) is 6.81. The Hall–Kier alpha value is -1.37. The van der Waals surface area contributed by atoms with Crippen molar-refractivity contribution in [1.29, 1.82) is 0 Å². The lowest BCUT2D eigenvalue weighted by atomic mass is 9.99. The summed E-state index contributed by atoms with van der Waals surface area (Å²) in [6.07, 6.45) is 6.19. The Morgan fingerprint density at radius 3 is 2.72 bits per heavy atom. The number of amides is 1. The third-order valence-corrected chi connectivity index (χ3v) is 5.61. The maximum Gasteiger partial charge on any atom is 0.254 e. The maximum atomic E-state index is 12.7. The molecule has 2 aromatic rings. The van der Waals surface area contributed by atoms with E-state index in [9.17, 15) is 4.79 Å². The molecule has 134 valence electrons. The lowest BCUT2D eigenvalue weighted by Gasteiger charge is -2.29. The largest absolute Gasteiger partial charge is 0.349 e. The summed E-state index contributed by atoms with van der Waals surface area (Å²) in [5, 5.41) is 11.2. The van der Waals surface area contributed by atoms with Gasteiger partial charge in [0.25, 0.3) is 5.91 Å². The van der Waals surface area contributed by atoms with E-state index in [1.54, 1.807) is 6.20 Å². The second-order valence-corrected chi connectivity index (χ2v) is 7.73. The molecule has 2 N–H and O–H groups in total. The third-order valence-electron chi connectivity index (χ3n) is 5.12. The minimum Gasteiger partial charge on any atom is -0.349 e. The van der Waals surface area contributed by atoms with E-state index in [1.807, 2.05) is 35.9 Å². The van der Waals surface area contributed by atoms with Crippen molar-refractivity contribution >= 4 is 34.2 Å². The van der Waals surface area contributed by atoms with Gasteiger partial charge < -0.3 is 10.6 Å².